The van der Waals surface area contributed by atoms with Crippen molar-refractivity contribution in [3.63, 3.8) is 0 Å². The van der Waals surface area contributed by atoms with Gasteiger partial charge >= 0.3 is 0 Å². The molecule has 3 N–H and O–H groups in total. The zero-order chi connectivity index (χ0) is 17.3. The van der Waals surface area contributed by atoms with E-state index in [-0.39, 0.29) is 24.6 Å². The Morgan fingerprint density at radius 1 is 1.36 bits per heavy atom. The van der Waals surface area contributed by atoms with Crippen molar-refractivity contribution in [2.75, 3.05) is 30.5 Å². The van der Waals surface area contributed by atoms with Gasteiger partial charge in [0, 0.05) is 18.4 Å². The number of nitrogens with zero attached hydrogens (tertiary/aromatic N) is 1. The topological polar surface area (TPSA) is 121 Å². The maximum Gasteiger partial charge on any atom is 0.243 e. The van der Waals surface area contributed by atoms with Crippen molar-refractivity contribution >= 4 is 54.8 Å². The van der Waals surface area contributed by atoms with Crippen LogP contribution in [0.2, 0.25) is 0 Å². The second kappa shape index (κ2) is 7.73. The second-order valence-corrected chi connectivity index (χ2v) is 8.79. The fourth-order valence-electron chi connectivity index (χ4n) is 2.19. The van der Waals surface area contributed by atoms with E-state index in [1.807, 2.05) is 6.07 Å². The molecule has 2 heterocycles. The molecule has 0 spiro atoms. The third kappa shape index (κ3) is 4.94. The van der Waals surface area contributed by atoms with E-state index in [0.717, 1.165) is 11.0 Å². The van der Waals surface area contributed by atoms with Crippen LogP contribution in [0.3, 0.4) is 0 Å². The quantitative estimate of drug-likeness (QED) is 0.763. The van der Waals surface area contributed by atoms with Crippen molar-refractivity contribution in [2.24, 2.45) is 5.73 Å². The van der Waals surface area contributed by atoms with Crippen LogP contribution in [0.15, 0.2) is 12.1 Å². The first kappa shape index (κ1) is 19.7. The summed E-state index contributed by atoms with van der Waals surface area (Å²) in [4.78, 5) is 16.4. The average Bonchev–Trinajstić information content (AvgIpc) is 2.90. The average molecular weight is 408 g/mol. The van der Waals surface area contributed by atoms with Gasteiger partial charge in [0.05, 0.1) is 22.0 Å². The van der Waals surface area contributed by atoms with Gasteiger partial charge in [-0.05, 0) is 6.42 Å². The highest BCUT2D eigenvalue weighted by atomic mass is 35.5. The van der Waals surface area contributed by atoms with Gasteiger partial charge in [0.1, 0.15) is 23.1 Å². The van der Waals surface area contributed by atoms with Crippen molar-refractivity contribution in [3.8, 4) is 11.5 Å². The molecule has 25 heavy (non-hydrogen) atoms. The van der Waals surface area contributed by atoms with E-state index in [4.69, 9.17) is 15.2 Å². The van der Waals surface area contributed by atoms with Gasteiger partial charge in [0.15, 0.2) is 16.6 Å². The molecule has 0 bridgehead atoms. The molecule has 1 aromatic heterocycles. The number of halogens is 1. The number of ether oxygens (including phenoxy) is 2. The van der Waals surface area contributed by atoms with Gasteiger partial charge in [-0.25, -0.2) is 13.4 Å². The number of anilines is 1. The van der Waals surface area contributed by atoms with E-state index in [1.165, 1.54) is 11.3 Å². The van der Waals surface area contributed by atoms with Crippen LogP contribution in [0.5, 0.6) is 11.5 Å². The maximum absolute atomic E-state index is 12.0. The lowest BCUT2D eigenvalue weighted by Crippen LogP contribution is -2.37. The number of fused-ring (bicyclic) bond motifs is 2. The molecule has 1 aliphatic heterocycles. The zero-order valence-corrected chi connectivity index (χ0v) is 15.8. The molecule has 0 fully saturated rings. The molecular formula is C14H18ClN3O5S2. The molecule has 11 heteroatoms. The fraction of sp³-hybridized carbons (Fsp3) is 0.429. The summed E-state index contributed by atoms with van der Waals surface area (Å²) in [6.45, 7) is 0.984. The zero-order valence-electron chi connectivity index (χ0n) is 13.4. The number of sulfone groups is 1. The first-order valence-corrected chi connectivity index (χ1v) is 10.1. The van der Waals surface area contributed by atoms with Crippen LogP contribution in [-0.2, 0) is 14.6 Å². The molecule has 1 aromatic carbocycles. The number of aromatic nitrogens is 1. The van der Waals surface area contributed by atoms with Crippen LogP contribution in [0.1, 0.15) is 6.42 Å². The highest BCUT2D eigenvalue weighted by molar-refractivity contribution is 7.90. The van der Waals surface area contributed by atoms with Crippen molar-refractivity contribution in [1.82, 2.24) is 4.98 Å². The van der Waals surface area contributed by atoms with Crippen molar-refractivity contribution < 1.29 is 22.7 Å². The minimum absolute atomic E-state index is 0. The molecule has 8 nitrogen and oxygen atoms in total. The summed E-state index contributed by atoms with van der Waals surface area (Å²) in [6, 6.07) is 2.67. The van der Waals surface area contributed by atoms with E-state index in [0.29, 0.717) is 35.4 Å². The van der Waals surface area contributed by atoms with Crippen molar-refractivity contribution in [3.05, 3.63) is 12.1 Å². The summed E-state index contributed by atoms with van der Waals surface area (Å²) >= 11 is 1.29. The SMILES string of the molecule is CS(=O)(=O)CCC(N)C(=O)Nc1nc2cc3c(cc2s1)OCCO3.Cl. The Morgan fingerprint density at radius 2 is 2.00 bits per heavy atom. The summed E-state index contributed by atoms with van der Waals surface area (Å²) in [5.74, 6) is 0.680. The number of hydrogen-bond acceptors (Lipinski definition) is 8. The minimum atomic E-state index is -3.16. The molecule has 0 saturated heterocycles. The number of amides is 1. The number of rotatable bonds is 5. The first-order chi connectivity index (χ1) is 11.3. The highest BCUT2D eigenvalue weighted by Gasteiger charge is 2.19. The molecule has 3 rings (SSSR count). The second-order valence-electron chi connectivity index (χ2n) is 5.50. The Labute approximate surface area is 155 Å². The smallest absolute Gasteiger partial charge is 0.243 e. The Bertz CT molecular complexity index is 841. The molecule has 0 radical (unpaired) electrons. The predicted molar refractivity (Wildman–Crippen MR) is 98.8 cm³/mol. The van der Waals surface area contributed by atoms with Gasteiger partial charge in [-0.1, -0.05) is 11.3 Å². The van der Waals surface area contributed by atoms with Crippen LogP contribution in [0.4, 0.5) is 5.13 Å². The fourth-order valence-corrected chi connectivity index (χ4v) is 3.75. The number of hydrogen-bond donors (Lipinski definition) is 2. The molecule has 1 atom stereocenters. The van der Waals surface area contributed by atoms with Crippen molar-refractivity contribution in [2.45, 2.75) is 12.5 Å². The highest BCUT2D eigenvalue weighted by Crippen LogP contribution is 2.37. The van der Waals surface area contributed by atoms with Gasteiger partial charge in [0.2, 0.25) is 5.91 Å². The Hall–Kier alpha value is -1.62. The van der Waals surface area contributed by atoms with Gasteiger partial charge in [-0.15, -0.1) is 12.4 Å². The number of benzene rings is 1. The third-order valence-corrected chi connectivity index (χ3v) is 5.33. The largest absolute Gasteiger partial charge is 0.486 e. The van der Waals surface area contributed by atoms with Gasteiger partial charge < -0.3 is 20.5 Å². The molecule has 1 aliphatic rings. The molecule has 138 valence electrons. The van der Waals surface area contributed by atoms with Gasteiger partial charge in [-0.2, -0.15) is 0 Å². The van der Waals surface area contributed by atoms with Crippen LogP contribution in [0, 0.1) is 0 Å². The van der Waals surface area contributed by atoms with E-state index < -0.39 is 21.8 Å². The maximum atomic E-state index is 12.0. The number of nitrogens with one attached hydrogen (secondary N) is 1. The summed E-state index contributed by atoms with van der Waals surface area (Å²) in [5, 5.41) is 3.02. The van der Waals surface area contributed by atoms with Gasteiger partial charge in [-0.3, -0.25) is 4.79 Å². The number of carbonyl (C=O) groups is 1. The summed E-state index contributed by atoms with van der Waals surface area (Å²) in [7, 11) is -3.16. The lowest BCUT2D eigenvalue weighted by Gasteiger charge is -2.17. The normalized spacial score (nSPS) is 14.6. The molecule has 1 amide bonds. The van der Waals surface area contributed by atoms with Gasteiger partial charge in [0.25, 0.3) is 0 Å². The molecule has 0 aliphatic carbocycles. The monoisotopic (exact) mass is 407 g/mol. The van der Waals surface area contributed by atoms with E-state index in [9.17, 15) is 13.2 Å². The molecule has 2 aromatic rings. The lowest BCUT2D eigenvalue weighted by molar-refractivity contribution is -0.117. The summed E-state index contributed by atoms with van der Waals surface area (Å²) in [5.41, 5.74) is 6.41. The summed E-state index contributed by atoms with van der Waals surface area (Å²) < 4.78 is 34.1. The standard InChI is InChI=1S/C14H17N3O5S2.ClH/c1-24(19,20)5-2-8(15)13(18)17-14-16-9-6-10-11(7-12(9)23-14)22-4-3-21-10;/h6-8H,2-5,15H2,1H3,(H,16,17,18);1H. The van der Waals surface area contributed by atoms with E-state index >= 15 is 0 Å². The summed E-state index contributed by atoms with van der Waals surface area (Å²) in [6.07, 6.45) is 1.17. The number of thiazole rings is 1. The molecule has 1 unspecified atom stereocenters. The van der Waals surface area contributed by atoms with Crippen LogP contribution in [0.25, 0.3) is 10.2 Å². The molecular weight excluding hydrogens is 390 g/mol. The Balaban J connectivity index is 0.00000225. The van der Waals surface area contributed by atoms with Crippen LogP contribution >= 0.6 is 23.7 Å². The van der Waals surface area contributed by atoms with E-state index in [1.54, 1.807) is 6.07 Å². The third-order valence-electron chi connectivity index (χ3n) is 3.42. The van der Waals surface area contributed by atoms with Crippen molar-refractivity contribution in [1.29, 1.82) is 0 Å². The Kier molecular flexibility index (Phi) is 6.09. The molecule has 0 saturated carbocycles. The lowest BCUT2D eigenvalue weighted by atomic mass is 10.2. The Morgan fingerprint density at radius 3 is 2.64 bits per heavy atom. The predicted octanol–water partition coefficient (Wildman–Crippen LogP) is 1.19. The van der Waals surface area contributed by atoms with Crippen LogP contribution in [-0.4, -0.2) is 50.6 Å². The van der Waals surface area contributed by atoms with Crippen LogP contribution < -0.4 is 20.5 Å². The van der Waals surface area contributed by atoms with E-state index in [2.05, 4.69) is 10.3 Å². The first-order valence-electron chi connectivity index (χ1n) is 7.26. The minimum Gasteiger partial charge on any atom is -0.486 e. The number of nitrogens with two attached hydrogens (primary N) is 1. The number of carbonyl (C=O) groups excluding carboxylic acids is 1.